The Morgan fingerprint density at radius 1 is 1.19 bits per heavy atom. The first-order chi connectivity index (χ1) is 16.8. The summed E-state index contributed by atoms with van der Waals surface area (Å²) in [6.07, 6.45) is 6.90. The van der Waals surface area contributed by atoms with E-state index in [0.717, 1.165) is 6.42 Å². The Hall–Kier alpha value is -2.84. The lowest BCUT2D eigenvalue weighted by atomic mass is 9.88. The Morgan fingerprint density at radius 2 is 1.92 bits per heavy atom. The highest BCUT2D eigenvalue weighted by Crippen LogP contribution is 2.39. The first kappa shape index (κ1) is 27.7. The highest BCUT2D eigenvalue weighted by atomic mass is 16.6. The van der Waals surface area contributed by atoms with E-state index in [-0.39, 0.29) is 28.9 Å². The molecule has 0 bridgehead atoms. The first-order valence-electron chi connectivity index (χ1n) is 12.4. The third-order valence-corrected chi connectivity index (χ3v) is 6.07. The Bertz CT molecular complexity index is 1020. The van der Waals surface area contributed by atoms with E-state index in [4.69, 9.17) is 18.9 Å². The number of esters is 1. The number of ether oxygens (including phenoxy) is 4. The number of methoxy groups -OCH3 is 1. The molecule has 36 heavy (non-hydrogen) atoms. The maximum Gasteiger partial charge on any atom is 0.412 e. The number of hydrogen-bond acceptors (Lipinski definition) is 7. The zero-order chi connectivity index (χ0) is 26.7. The number of aliphatic hydroxyl groups is 1. The van der Waals surface area contributed by atoms with Crippen LogP contribution < -0.4 is 10.1 Å². The normalized spacial score (nSPS) is 28.1. The molecule has 8 nitrogen and oxygen atoms in total. The third-order valence-electron chi connectivity index (χ3n) is 6.07. The number of nitrogens with one attached hydrogen (secondary N) is 1. The van der Waals surface area contributed by atoms with Gasteiger partial charge in [0.05, 0.1) is 36.2 Å². The average Bonchev–Trinajstić information content (AvgIpc) is 3.05. The number of allylic oxidation sites excluding steroid dienone is 1. The molecule has 2 aliphatic rings. The van der Waals surface area contributed by atoms with Gasteiger partial charge in [0.2, 0.25) is 0 Å². The van der Waals surface area contributed by atoms with Gasteiger partial charge in [-0.3, -0.25) is 5.32 Å². The van der Waals surface area contributed by atoms with Crippen molar-refractivity contribution in [1.82, 2.24) is 0 Å². The summed E-state index contributed by atoms with van der Waals surface area (Å²) in [5.74, 6) is -0.0188. The fraction of sp³-hybridized carbons (Fsp3) is 0.571. The van der Waals surface area contributed by atoms with Gasteiger partial charge in [0.15, 0.2) is 0 Å². The van der Waals surface area contributed by atoms with Crippen LogP contribution in [-0.2, 0) is 14.2 Å². The van der Waals surface area contributed by atoms with Crippen molar-refractivity contribution in [2.75, 3.05) is 12.4 Å². The van der Waals surface area contributed by atoms with Gasteiger partial charge >= 0.3 is 12.1 Å². The van der Waals surface area contributed by atoms with Crippen molar-refractivity contribution in [2.45, 2.75) is 90.3 Å². The molecule has 1 aromatic carbocycles. The van der Waals surface area contributed by atoms with Crippen LogP contribution in [0.25, 0.3) is 6.08 Å². The number of anilines is 1. The van der Waals surface area contributed by atoms with E-state index >= 15 is 0 Å². The van der Waals surface area contributed by atoms with Gasteiger partial charge in [0.25, 0.3) is 0 Å². The van der Waals surface area contributed by atoms with Gasteiger partial charge in [0, 0.05) is 12.5 Å². The number of aliphatic hydroxyl groups excluding tert-OH is 1. The van der Waals surface area contributed by atoms with Gasteiger partial charge in [-0.05, 0) is 71.9 Å². The van der Waals surface area contributed by atoms with Crippen LogP contribution in [0.2, 0.25) is 0 Å². The number of benzene rings is 1. The Balaban J connectivity index is 2.04. The van der Waals surface area contributed by atoms with Gasteiger partial charge in [-0.2, -0.15) is 0 Å². The highest BCUT2D eigenvalue weighted by Gasteiger charge is 2.42. The molecule has 1 aromatic rings. The molecule has 4 atom stereocenters. The van der Waals surface area contributed by atoms with Gasteiger partial charge in [-0.25, -0.2) is 9.59 Å². The minimum atomic E-state index is -0.756. The van der Waals surface area contributed by atoms with E-state index in [1.54, 1.807) is 45.9 Å². The van der Waals surface area contributed by atoms with Crippen molar-refractivity contribution in [3.05, 3.63) is 41.5 Å². The number of carbonyl (C=O) groups excluding carboxylic acids is 2. The minimum Gasteiger partial charge on any atom is -0.497 e. The molecule has 2 aliphatic heterocycles. The van der Waals surface area contributed by atoms with Crippen molar-refractivity contribution in [2.24, 2.45) is 5.92 Å². The summed E-state index contributed by atoms with van der Waals surface area (Å²) in [5, 5.41) is 13.5. The lowest BCUT2D eigenvalue weighted by Crippen LogP contribution is -2.31. The molecule has 2 N–H and O–H groups in total. The number of cyclic esters (lactones) is 1. The number of hydrogen-bond donors (Lipinski definition) is 2. The molecule has 0 saturated carbocycles. The first-order valence-corrected chi connectivity index (χ1v) is 12.4. The number of rotatable bonds is 2. The largest absolute Gasteiger partial charge is 0.497 e. The van der Waals surface area contributed by atoms with Gasteiger partial charge < -0.3 is 24.1 Å². The molecule has 0 radical (unpaired) electrons. The average molecular weight is 502 g/mol. The standard InChI is InChI=1S/C28H39NO7/c1-17-10-8-13-22(30)24-19(16-28(5,6)35-24)12-9-11-18-14-20(33-7)15-21(23(18)25(31)34-17)29-26(32)36-27(2,3)4/h8-9,11,13-15,17,19,22,24,30H,10,12,16H2,1-7H3,(H,29,32)/b11-9+,13-8-/t17-,19+,22?,24-/m0/s1. The molecule has 1 fully saturated rings. The van der Waals surface area contributed by atoms with Crippen LogP contribution in [0.15, 0.2) is 30.4 Å². The SMILES string of the molecule is COc1cc2c(c(NC(=O)OC(C)(C)C)c1)C(=O)O[C@@H](C)C/C=C\C(O)[C@H]1OC(C)(C)C[C@H]1C/C=C/2. The van der Waals surface area contributed by atoms with Crippen LogP contribution in [0.1, 0.15) is 76.7 Å². The summed E-state index contributed by atoms with van der Waals surface area (Å²) in [7, 11) is 1.52. The lowest BCUT2D eigenvalue weighted by Gasteiger charge is -2.23. The van der Waals surface area contributed by atoms with E-state index in [1.807, 2.05) is 32.1 Å². The van der Waals surface area contributed by atoms with Crippen LogP contribution in [0.5, 0.6) is 5.75 Å². The molecule has 3 rings (SSSR count). The maximum atomic E-state index is 13.3. The predicted octanol–water partition coefficient (Wildman–Crippen LogP) is 5.50. The summed E-state index contributed by atoms with van der Waals surface area (Å²) in [6.45, 7) is 11.1. The zero-order valence-corrected chi connectivity index (χ0v) is 22.3. The lowest BCUT2D eigenvalue weighted by molar-refractivity contribution is -0.0648. The number of carbonyl (C=O) groups is 2. The van der Waals surface area contributed by atoms with Crippen molar-refractivity contribution in [3.8, 4) is 5.75 Å². The summed E-state index contributed by atoms with van der Waals surface area (Å²) in [4.78, 5) is 25.9. The number of amides is 1. The predicted molar refractivity (Wildman–Crippen MR) is 138 cm³/mol. The van der Waals surface area contributed by atoms with Crippen molar-refractivity contribution < 1.29 is 33.6 Å². The molecule has 1 saturated heterocycles. The zero-order valence-electron chi connectivity index (χ0n) is 22.3. The van der Waals surface area contributed by atoms with Crippen molar-refractivity contribution in [1.29, 1.82) is 0 Å². The Morgan fingerprint density at radius 3 is 2.58 bits per heavy atom. The van der Waals surface area contributed by atoms with Crippen LogP contribution in [-0.4, -0.2) is 53.8 Å². The fourth-order valence-corrected chi connectivity index (χ4v) is 4.63. The summed E-state index contributed by atoms with van der Waals surface area (Å²) in [6, 6.07) is 3.30. The van der Waals surface area contributed by atoms with Crippen LogP contribution in [0, 0.1) is 5.92 Å². The van der Waals surface area contributed by atoms with E-state index in [0.29, 0.717) is 24.2 Å². The summed E-state index contributed by atoms with van der Waals surface area (Å²) >= 11 is 0. The van der Waals surface area contributed by atoms with Crippen LogP contribution in [0.4, 0.5) is 10.5 Å². The highest BCUT2D eigenvalue weighted by molar-refractivity contribution is 6.03. The Kier molecular flexibility index (Phi) is 8.52. The van der Waals surface area contributed by atoms with Gasteiger partial charge in [-0.15, -0.1) is 0 Å². The smallest absolute Gasteiger partial charge is 0.412 e. The molecule has 0 spiro atoms. The summed E-state index contributed by atoms with van der Waals surface area (Å²) in [5.41, 5.74) is -0.0593. The van der Waals surface area contributed by atoms with E-state index in [1.165, 1.54) is 7.11 Å². The van der Waals surface area contributed by atoms with Gasteiger partial charge in [0.1, 0.15) is 17.5 Å². The van der Waals surface area contributed by atoms with Crippen molar-refractivity contribution in [3.63, 3.8) is 0 Å². The van der Waals surface area contributed by atoms with Crippen LogP contribution in [0.3, 0.4) is 0 Å². The molecule has 1 unspecified atom stereocenters. The fourth-order valence-electron chi connectivity index (χ4n) is 4.63. The monoisotopic (exact) mass is 501 g/mol. The molecule has 2 heterocycles. The quantitative estimate of drug-likeness (QED) is 0.408. The molecule has 0 aliphatic carbocycles. The Labute approximate surface area is 213 Å². The number of fused-ring (bicyclic) bond motifs is 2. The van der Waals surface area contributed by atoms with Crippen LogP contribution >= 0.6 is 0 Å². The maximum absolute atomic E-state index is 13.3. The van der Waals surface area contributed by atoms with Crippen molar-refractivity contribution >= 4 is 23.8 Å². The second-order valence-electron chi connectivity index (χ2n) is 11.1. The summed E-state index contributed by atoms with van der Waals surface area (Å²) < 4.78 is 22.7. The minimum absolute atomic E-state index is 0.0941. The molecule has 1 amide bonds. The molecular formula is C28H39NO7. The second-order valence-corrected chi connectivity index (χ2v) is 11.1. The molecule has 8 heteroatoms. The van der Waals surface area contributed by atoms with Gasteiger partial charge in [-0.1, -0.05) is 24.3 Å². The second kappa shape index (κ2) is 11.0. The van der Waals surface area contributed by atoms with E-state index in [2.05, 4.69) is 5.32 Å². The molecule has 0 aromatic heterocycles. The molecular weight excluding hydrogens is 462 g/mol. The van der Waals surface area contributed by atoms with E-state index < -0.39 is 29.9 Å². The van der Waals surface area contributed by atoms with E-state index in [9.17, 15) is 14.7 Å². The third kappa shape index (κ3) is 7.34. The topological polar surface area (TPSA) is 103 Å². The molecule has 198 valence electrons.